The Kier molecular flexibility index (Phi) is 4.18. The van der Waals surface area contributed by atoms with E-state index in [0.717, 1.165) is 24.0 Å². The van der Waals surface area contributed by atoms with E-state index in [1.54, 1.807) is 12.1 Å². The number of ether oxygens (including phenoxy) is 1. The van der Waals surface area contributed by atoms with Crippen LogP contribution in [0.25, 0.3) is 27.7 Å². The van der Waals surface area contributed by atoms with E-state index < -0.39 is 0 Å². The van der Waals surface area contributed by atoms with Crippen molar-refractivity contribution in [3.8, 4) is 28.6 Å². The summed E-state index contributed by atoms with van der Waals surface area (Å²) in [7, 11) is 0. The van der Waals surface area contributed by atoms with Crippen LogP contribution in [0.2, 0.25) is 0 Å². The number of hydrogen-bond donors (Lipinski definition) is 0. The number of aromatic nitrogens is 2. The highest BCUT2D eigenvalue weighted by Crippen LogP contribution is 2.38. The Bertz CT molecular complexity index is 1000. The summed E-state index contributed by atoms with van der Waals surface area (Å²) in [4.78, 5) is 8.11. The Balaban J connectivity index is 1.71. The Morgan fingerprint density at radius 2 is 2.19 bits per heavy atom. The van der Waals surface area contributed by atoms with Crippen molar-refractivity contribution < 1.29 is 9.26 Å². The van der Waals surface area contributed by atoms with Gasteiger partial charge in [-0.15, -0.1) is 0 Å². The minimum absolute atomic E-state index is 0.414. The molecule has 3 aromatic rings. The fraction of sp³-hybridized carbons (Fsp3) is 0.286. The zero-order valence-corrected chi connectivity index (χ0v) is 14.8. The second kappa shape index (κ2) is 6.64. The molecule has 0 aliphatic heterocycles. The highest BCUT2D eigenvalue weighted by Gasteiger charge is 2.23. The molecule has 0 saturated heterocycles. The lowest BCUT2D eigenvalue weighted by Gasteiger charge is -2.06. The molecule has 1 aliphatic carbocycles. The standard InChI is InChI=1S/C21H19N3O2/c1-4-25-19-11-9-14(12-18(19)22-3)21-23-20(24-26-21)17-7-5-6-15-13(2)8-10-16(15)17/h5-7,9,11-13H,4,8,10H2,1-2H3. The van der Waals surface area contributed by atoms with Gasteiger partial charge in [0.2, 0.25) is 11.5 Å². The number of fused-ring (bicyclic) bond motifs is 1. The van der Waals surface area contributed by atoms with Gasteiger partial charge in [0.15, 0.2) is 0 Å². The summed E-state index contributed by atoms with van der Waals surface area (Å²) in [5, 5.41) is 4.18. The van der Waals surface area contributed by atoms with Gasteiger partial charge in [0.25, 0.3) is 5.89 Å². The molecule has 0 N–H and O–H groups in total. The molecule has 0 bridgehead atoms. The van der Waals surface area contributed by atoms with Crippen LogP contribution in [0.3, 0.4) is 0 Å². The van der Waals surface area contributed by atoms with Crippen molar-refractivity contribution >= 4 is 5.69 Å². The Morgan fingerprint density at radius 3 is 3.00 bits per heavy atom. The topological polar surface area (TPSA) is 52.5 Å². The van der Waals surface area contributed by atoms with Gasteiger partial charge < -0.3 is 9.26 Å². The normalized spacial score (nSPS) is 15.5. The molecular weight excluding hydrogens is 326 g/mol. The zero-order chi connectivity index (χ0) is 18.1. The van der Waals surface area contributed by atoms with Gasteiger partial charge in [-0.05, 0) is 55.0 Å². The number of hydrogen-bond acceptors (Lipinski definition) is 4. The first-order chi connectivity index (χ1) is 12.7. The zero-order valence-electron chi connectivity index (χ0n) is 14.8. The summed E-state index contributed by atoms with van der Waals surface area (Å²) in [6.07, 6.45) is 2.20. The van der Waals surface area contributed by atoms with Gasteiger partial charge in [-0.3, -0.25) is 0 Å². The van der Waals surface area contributed by atoms with Gasteiger partial charge in [0.1, 0.15) is 5.75 Å². The van der Waals surface area contributed by atoms with Crippen LogP contribution in [-0.4, -0.2) is 16.7 Å². The van der Waals surface area contributed by atoms with Crippen LogP contribution < -0.4 is 4.74 Å². The second-order valence-electron chi connectivity index (χ2n) is 6.46. The highest BCUT2D eigenvalue weighted by molar-refractivity contribution is 5.70. The van der Waals surface area contributed by atoms with Crippen LogP contribution in [0.4, 0.5) is 5.69 Å². The summed E-state index contributed by atoms with van der Waals surface area (Å²) in [5.74, 6) is 2.16. The van der Waals surface area contributed by atoms with E-state index in [2.05, 4.69) is 34.0 Å². The van der Waals surface area contributed by atoms with Crippen molar-refractivity contribution in [2.45, 2.75) is 32.6 Å². The van der Waals surface area contributed by atoms with Gasteiger partial charge in [0, 0.05) is 11.1 Å². The predicted molar refractivity (Wildman–Crippen MR) is 99.3 cm³/mol. The molecule has 1 aliphatic rings. The van der Waals surface area contributed by atoms with Gasteiger partial charge in [-0.2, -0.15) is 4.98 Å². The monoisotopic (exact) mass is 345 g/mol. The highest BCUT2D eigenvalue weighted by atomic mass is 16.5. The third-order valence-corrected chi connectivity index (χ3v) is 4.86. The SMILES string of the molecule is [C-]#[N+]c1cc(-c2nc(-c3cccc4c3CCC4C)no2)ccc1OCC. The first-order valence-corrected chi connectivity index (χ1v) is 8.81. The first-order valence-electron chi connectivity index (χ1n) is 8.81. The van der Waals surface area contributed by atoms with Crippen LogP contribution in [0, 0.1) is 6.57 Å². The van der Waals surface area contributed by atoms with E-state index in [0.29, 0.717) is 35.7 Å². The molecular formula is C21H19N3O2. The Labute approximate surface area is 152 Å². The van der Waals surface area contributed by atoms with Crippen molar-refractivity contribution in [2.24, 2.45) is 0 Å². The number of nitrogens with zero attached hydrogens (tertiary/aromatic N) is 3. The van der Waals surface area contributed by atoms with Crippen molar-refractivity contribution in [1.29, 1.82) is 0 Å². The molecule has 4 rings (SSSR count). The molecule has 0 spiro atoms. The molecule has 1 atom stereocenters. The smallest absolute Gasteiger partial charge is 0.256 e. The molecule has 130 valence electrons. The van der Waals surface area contributed by atoms with E-state index in [1.807, 2.05) is 19.1 Å². The van der Waals surface area contributed by atoms with Crippen LogP contribution in [0.15, 0.2) is 40.9 Å². The maximum atomic E-state index is 7.34. The van der Waals surface area contributed by atoms with Crippen LogP contribution in [-0.2, 0) is 6.42 Å². The van der Waals surface area contributed by atoms with E-state index in [1.165, 1.54) is 11.1 Å². The van der Waals surface area contributed by atoms with Crippen molar-refractivity contribution in [3.63, 3.8) is 0 Å². The van der Waals surface area contributed by atoms with E-state index in [9.17, 15) is 0 Å². The molecule has 0 amide bonds. The van der Waals surface area contributed by atoms with Gasteiger partial charge in [0.05, 0.1) is 13.2 Å². The summed E-state index contributed by atoms with van der Waals surface area (Å²) in [6.45, 7) is 12.0. The average Bonchev–Trinajstić information content (AvgIpc) is 3.30. The molecule has 1 unspecified atom stereocenters. The predicted octanol–water partition coefficient (Wildman–Crippen LogP) is 5.40. The van der Waals surface area contributed by atoms with Crippen LogP contribution in [0.1, 0.15) is 37.3 Å². The lowest BCUT2D eigenvalue weighted by atomic mass is 9.99. The third-order valence-electron chi connectivity index (χ3n) is 4.86. The average molecular weight is 345 g/mol. The van der Waals surface area contributed by atoms with E-state index in [4.69, 9.17) is 15.8 Å². The minimum Gasteiger partial charge on any atom is -0.505 e. The maximum Gasteiger partial charge on any atom is 0.256 e. The fourth-order valence-electron chi connectivity index (χ4n) is 3.54. The molecule has 1 heterocycles. The van der Waals surface area contributed by atoms with Crippen molar-refractivity contribution in [2.75, 3.05) is 6.61 Å². The van der Waals surface area contributed by atoms with Gasteiger partial charge in [-0.25, -0.2) is 4.85 Å². The largest absolute Gasteiger partial charge is 0.505 e. The quantitative estimate of drug-likeness (QED) is 0.594. The molecule has 2 aromatic carbocycles. The summed E-state index contributed by atoms with van der Waals surface area (Å²) < 4.78 is 11.0. The lowest BCUT2D eigenvalue weighted by Crippen LogP contribution is -1.92. The molecule has 0 saturated carbocycles. The molecule has 26 heavy (non-hydrogen) atoms. The number of benzene rings is 2. The van der Waals surface area contributed by atoms with E-state index in [-0.39, 0.29) is 0 Å². The molecule has 5 nitrogen and oxygen atoms in total. The van der Waals surface area contributed by atoms with Crippen molar-refractivity contribution in [3.05, 3.63) is 58.9 Å². The molecule has 1 aromatic heterocycles. The summed E-state index contributed by atoms with van der Waals surface area (Å²) in [5.41, 5.74) is 4.90. The molecule has 0 fully saturated rings. The molecule has 5 heteroatoms. The van der Waals surface area contributed by atoms with Gasteiger partial charge >= 0.3 is 0 Å². The summed E-state index contributed by atoms with van der Waals surface area (Å²) in [6, 6.07) is 11.6. The van der Waals surface area contributed by atoms with E-state index >= 15 is 0 Å². The Hall–Kier alpha value is -3.13. The third kappa shape index (κ3) is 2.74. The Morgan fingerprint density at radius 1 is 1.31 bits per heavy atom. The first kappa shape index (κ1) is 16.3. The summed E-state index contributed by atoms with van der Waals surface area (Å²) >= 11 is 0. The number of rotatable bonds is 4. The van der Waals surface area contributed by atoms with Crippen molar-refractivity contribution in [1.82, 2.24) is 10.1 Å². The van der Waals surface area contributed by atoms with Crippen LogP contribution in [0.5, 0.6) is 5.75 Å². The molecule has 0 radical (unpaired) electrons. The lowest BCUT2D eigenvalue weighted by molar-refractivity contribution is 0.342. The second-order valence-corrected chi connectivity index (χ2v) is 6.46. The van der Waals surface area contributed by atoms with Crippen LogP contribution >= 0.6 is 0 Å². The van der Waals surface area contributed by atoms with Gasteiger partial charge in [-0.1, -0.05) is 30.3 Å². The maximum absolute atomic E-state index is 7.34. The minimum atomic E-state index is 0.414. The fourth-order valence-corrected chi connectivity index (χ4v) is 3.54.